The van der Waals surface area contributed by atoms with Crippen molar-refractivity contribution in [3.63, 3.8) is 0 Å². The highest BCUT2D eigenvalue weighted by Crippen LogP contribution is 2.04. The van der Waals surface area contributed by atoms with Crippen molar-refractivity contribution in [3.8, 4) is 0 Å². The van der Waals surface area contributed by atoms with E-state index in [1.165, 1.54) is 4.68 Å². The fourth-order valence-corrected chi connectivity index (χ4v) is 0.798. The molecule has 0 aliphatic carbocycles. The third-order valence-corrected chi connectivity index (χ3v) is 1.33. The van der Waals surface area contributed by atoms with Gasteiger partial charge in [0, 0.05) is 0 Å². The molecular formula is C5H9N5O2. The zero-order valence-electron chi connectivity index (χ0n) is 6.38. The first-order valence-electron chi connectivity index (χ1n) is 3.48. The summed E-state index contributed by atoms with van der Waals surface area (Å²) in [6, 6.07) is 0. The molecule has 0 amide bonds. The van der Waals surface area contributed by atoms with Crippen LogP contribution in [0.3, 0.4) is 0 Å². The molecule has 1 aromatic heterocycles. The molecule has 0 aliphatic rings. The molecule has 0 bridgehead atoms. The summed E-state index contributed by atoms with van der Waals surface area (Å²) in [5, 5.41) is 14.0. The Labute approximate surface area is 68.3 Å². The quantitative estimate of drug-likeness (QED) is 0.487. The van der Waals surface area contributed by atoms with Crippen molar-refractivity contribution in [3.05, 3.63) is 16.4 Å². The minimum atomic E-state index is -0.566. The van der Waals surface area contributed by atoms with Crippen molar-refractivity contribution in [2.75, 3.05) is 6.54 Å². The third kappa shape index (κ3) is 1.76. The minimum absolute atomic E-state index is 0.233. The van der Waals surface area contributed by atoms with E-state index < -0.39 is 4.92 Å². The highest BCUT2D eigenvalue weighted by Gasteiger charge is 2.14. The fourth-order valence-electron chi connectivity index (χ4n) is 0.798. The molecule has 1 rings (SSSR count). The van der Waals surface area contributed by atoms with E-state index in [-0.39, 0.29) is 5.95 Å². The fraction of sp³-hybridized carbons (Fsp3) is 0.600. The van der Waals surface area contributed by atoms with Crippen LogP contribution < -0.4 is 5.73 Å². The van der Waals surface area contributed by atoms with E-state index in [1.807, 2.05) is 0 Å². The predicted octanol–water partition coefficient (Wildman–Crippen LogP) is -0.465. The predicted molar refractivity (Wildman–Crippen MR) is 40.3 cm³/mol. The van der Waals surface area contributed by atoms with Gasteiger partial charge >= 0.3 is 5.95 Å². The average molecular weight is 171 g/mol. The Morgan fingerprint density at radius 2 is 2.50 bits per heavy atom. The lowest BCUT2D eigenvalue weighted by atomic mass is 10.4. The number of nitrogens with two attached hydrogens (primary N) is 1. The van der Waals surface area contributed by atoms with Gasteiger partial charge in [0.15, 0.2) is 0 Å². The molecule has 0 aromatic carbocycles. The molecule has 7 heteroatoms. The van der Waals surface area contributed by atoms with E-state index in [2.05, 4.69) is 10.1 Å². The zero-order chi connectivity index (χ0) is 8.97. The first kappa shape index (κ1) is 8.60. The van der Waals surface area contributed by atoms with E-state index >= 15 is 0 Å². The molecule has 66 valence electrons. The monoisotopic (exact) mass is 171 g/mol. The lowest BCUT2D eigenvalue weighted by Crippen LogP contribution is -2.09. The molecule has 2 N–H and O–H groups in total. The normalized spacial score (nSPS) is 10.1. The average Bonchev–Trinajstić information content (AvgIpc) is 2.48. The molecule has 7 nitrogen and oxygen atoms in total. The van der Waals surface area contributed by atoms with Crippen molar-refractivity contribution in [2.24, 2.45) is 5.73 Å². The molecule has 0 aliphatic heterocycles. The standard InChI is InChI=1S/C5H9N5O2/c6-2-1-3-9-5(10(11)12)7-4-8-9/h4H,1-3,6H2. The number of hydrogen-bond acceptors (Lipinski definition) is 5. The number of nitrogens with zero attached hydrogens (tertiary/aromatic N) is 4. The maximum Gasteiger partial charge on any atom is 0.455 e. The first-order chi connectivity index (χ1) is 5.75. The number of nitro groups is 1. The number of aryl methyl sites for hydroxylation is 1. The molecule has 1 heterocycles. The smallest absolute Gasteiger partial charge is 0.390 e. The van der Waals surface area contributed by atoms with E-state index in [0.717, 1.165) is 6.33 Å². The van der Waals surface area contributed by atoms with Crippen LogP contribution in [0.1, 0.15) is 6.42 Å². The van der Waals surface area contributed by atoms with Crippen LogP contribution >= 0.6 is 0 Å². The van der Waals surface area contributed by atoms with Gasteiger partial charge in [-0.3, -0.25) is 0 Å². The highest BCUT2D eigenvalue weighted by atomic mass is 16.6. The Hall–Kier alpha value is -1.50. The summed E-state index contributed by atoms with van der Waals surface area (Å²) in [5.41, 5.74) is 5.24. The molecule has 0 spiro atoms. The Balaban J connectivity index is 2.70. The summed E-state index contributed by atoms with van der Waals surface area (Å²) in [7, 11) is 0. The van der Waals surface area contributed by atoms with Crippen molar-refractivity contribution in [1.29, 1.82) is 0 Å². The van der Waals surface area contributed by atoms with Gasteiger partial charge in [-0.15, -0.1) is 4.68 Å². The van der Waals surface area contributed by atoms with Crippen LogP contribution in [0.5, 0.6) is 0 Å². The lowest BCUT2D eigenvalue weighted by molar-refractivity contribution is -0.397. The summed E-state index contributed by atoms with van der Waals surface area (Å²) in [4.78, 5) is 13.2. The Morgan fingerprint density at radius 1 is 1.75 bits per heavy atom. The van der Waals surface area contributed by atoms with E-state index in [0.29, 0.717) is 19.5 Å². The van der Waals surface area contributed by atoms with Crippen molar-refractivity contribution in [2.45, 2.75) is 13.0 Å². The Bertz CT molecular complexity index is 271. The molecule has 0 fully saturated rings. The van der Waals surface area contributed by atoms with Crippen LogP contribution in [0.15, 0.2) is 6.33 Å². The second kappa shape index (κ2) is 3.77. The van der Waals surface area contributed by atoms with E-state index in [1.54, 1.807) is 0 Å². The zero-order valence-corrected chi connectivity index (χ0v) is 6.38. The second-order valence-electron chi connectivity index (χ2n) is 2.18. The summed E-state index contributed by atoms with van der Waals surface area (Å²) >= 11 is 0. The van der Waals surface area contributed by atoms with Gasteiger partial charge in [-0.1, -0.05) is 10.1 Å². The van der Waals surface area contributed by atoms with Gasteiger partial charge < -0.3 is 15.8 Å². The topological polar surface area (TPSA) is 99.9 Å². The molecule has 0 unspecified atom stereocenters. The van der Waals surface area contributed by atoms with Crippen LogP contribution in [0.4, 0.5) is 5.95 Å². The summed E-state index contributed by atoms with van der Waals surface area (Å²) in [6.07, 6.45) is 1.82. The van der Waals surface area contributed by atoms with Crippen LogP contribution in [0.2, 0.25) is 0 Å². The van der Waals surface area contributed by atoms with Crippen LogP contribution in [-0.2, 0) is 6.54 Å². The van der Waals surface area contributed by atoms with E-state index in [9.17, 15) is 10.1 Å². The molecule has 0 atom stereocenters. The third-order valence-electron chi connectivity index (χ3n) is 1.33. The van der Waals surface area contributed by atoms with Gasteiger partial charge in [0.25, 0.3) is 0 Å². The number of aromatic nitrogens is 3. The van der Waals surface area contributed by atoms with Crippen LogP contribution in [0.25, 0.3) is 0 Å². The van der Waals surface area contributed by atoms with Crippen LogP contribution in [-0.4, -0.2) is 26.2 Å². The first-order valence-corrected chi connectivity index (χ1v) is 3.48. The molecular weight excluding hydrogens is 162 g/mol. The van der Waals surface area contributed by atoms with Gasteiger partial charge in [-0.25, -0.2) is 0 Å². The van der Waals surface area contributed by atoms with Crippen molar-refractivity contribution in [1.82, 2.24) is 14.8 Å². The van der Waals surface area contributed by atoms with Gasteiger partial charge in [-0.05, 0) is 17.9 Å². The summed E-state index contributed by atoms with van der Waals surface area (Å²) in [5.74, 6) is -0.233. The maximum absolute atomic E-state index is 10.3. The van der Waals surface area contributed by atoms with Gasteiger partial charge in [0.2, 0.25) is 6.33 Å². The highest BCUT2D eigenvalue weighted by molar-refractivity contribution is 5.00. The van der Waals surface area contributed by atoms with Gasteiger partial charge in [0.05, 0.1) is 6.54 Å². The molecule has 1 aromatic rings. The number of hydrogen-bond donors (Lipinski definition) is 1. The van der Waals surface area contributed by atoms with Crippen LogP contribution in [0, 0.1) is 10.1 Å². The van der Waals surface area contributed by atoms with Gasteiger partial charge in [0.1, 0.15) is 0 Å². The van der Waals surface area contributed by atoms with Crippen molar-refractivity contribution < 1.29 is 4.92 Å². The molecule has 0 radical (unpaired) electrons. The summed E-state index contributed by atoms with van der Waals surface area (Å²) < 4.78 is 1.23. The summed E-state index contributed by atoms with van der Waals surface area (Å²) in [6.45, 7) is 0.920. The number of rotatable bonds is 4. The SMILES string of the molecule is NCCCn1ncnc1[N+](=O)[O-]. The van der Waals surface area contributed by atoms with Crippen molar-refractivity contribution >= 4 is 5.95 Å². The molecule has 12 heavy (non-hydrogen) atoms. The second-order valence-corrected chi connectivity index (χ2v) is 2.18. The Morgan fingerprint density at radius 3 is 3.08 bits per heavy atom. The van der Waals surface area contributed by atoms with E-state index in [4.69, 9.17) is 5.73 Å². The Kier molecular flexibility index (Phi) is 2.70. The lowest BCUT2D eigenvalue weighted by Gasteiger charge is -1.96. The maximum atomic E-state index is 10.3. The molecule has 0 saturated heterocycles. The molecule has 0 saturated carbocycles. The van der Waals surface area contributed by atoms with Gasteiger partial charge in [-0.2, -0.15) is 0 Å². The minimum Gasteiger partial charge on any atom is -0.390 e. The largest absolute Gasteiger partial charge is 0.455 e.